The first-order chi connectivity index (χ1) is 8.96. The predicted octanol–water partition coefficient (Wildman–Crippen LogP) is 1.21. The molecule has 2 aliphatic rings. The molecular formula is C15H29N3O. The largest absolute Gasteiger partial charge is 0.345 e. The third kappa shape index (κ3) is 3.29. The van der Waals surface area contributed by atoms with Gasteiger partial charge in [-0.2, -0.15) is 0 Å². The van der Waals surface area contributed by atoms with Gasteiger partial charge < -0.3 is 16.0 Å². The predicted molar refractivity (Wildman–Crippen MR) is 77.7 cm³/mol. The molecule has 0 bridgehead atoms. The maximum atomic E-state index is 12.4. The van der Waals surface area contributed by atoms with Gasteiger partial charge in [-0.1, -0.05) is 13.8 Å². The number of piperidine rings is 1. The first kappa shape index (κ1) is 14.8. The van der Waals surface area contributed by atoms with Crippen molar-refractivity contribution in [3.8, 4) is 0 Å². The monoisotopic (exact) mass is 267 g/mol. The van der Waals surface area contributed by atoms with Crippen LogP contribution in [0.2, 0.25) is 0 Å². The van der Waals surface area contributed by atoms with Gasteiger partial charge in [0.1, 0.15) is 0 Å². The standard InChI is InChI=1S/C15H29N3O/c1-11(2)13(16)4-9-18(3)14(19)12-10-15(12)5-7-17-8-6-15/h11-13,17H,4-10,16H2,1-3H3. The van der Waals surface area contributed by atoms with Gasteiger partial charge in [0.05, 0.1) is 0 Å². The second-order valence-electron chi connectivity index (χ2n) is 6.83. The summed E-state index contributed by atoms with van der Waals surface area (Å²) in [5, 5.41) is 3.38. The van der Waals surface area contributed by atoms with Crippen LogP contribution in [0.15, 0.2) is 0 Å². The van der Waals surface area contributed by atoms with Gasteiger partial charge in [0.25, 0.3) is 0 Å². The number of carbonyl (C=O) groups is 1. The van der Waals surface area contributed by atoms with Crippen LogP contribution in [0.25, 0.3) is 0 Å². The summed E-state index contributed by atoms with van der Waals surface area (Å²) in [6.07, 6.45) is 4.35. The number of amides is 1. The summed E-state index contributed by atoms with van der Waals surface area (Å²) in [7, 11) is 1.93. The molecule has 0 aromatic rings. The summed E-state index contributed by atoms with van der Waals surface area (Å²) in [5.74, 6) is 1.12. The topological polar surface area (TPSA) is 58.4 Å². The SMILES string of the molecule is CC(C)C(N)CCN(C)C(=O)C1CC12CCNCC2. The maximum absolute atomic E-state index is 12.4. The lowest BCUT2D eigenvalue weighted by Gasteiger charge is -2.26. The zero-order valence-corrected chi connectivity index (χ0v) is 12.6. The van der Waals surface area contributed by atoms with Crippen LogP contribution in [0, 0.1) is 17.3 Å². The van der Waals surface area contributed by atoms with E-state index in [4.69, 9.17) is 5.73 Å². The maximum Gasteiger partial charge on any atom is 0.226 e. The van der Waals surface area contributed by atoms with Crippen molar-refractivity contribution in [1.82, 2.24) is 10.2 Å². The Morgan fingerprint density at radius 2 is 2.05 bits per heavy atom. The highest BCUT2D eigenvalue weighted by Gasteiger charge is 2.58. The molecule has 3 N–H and O–H groups in total. The summed E-state index contributed by atoms with van der Waals surface area (Å²) in [6.45, 7) is 7.22. The van der Waals surface area contributed by atoms with Crippen molar-refractivity contribution in [1.29, 1.82) is 0 Å². The first-order valence-corrected chi connectivity index (χ1v) is 7.67. The van der Waals surface area contributed by atoms with E-state index in [1.54, 1.807) is 0 Å². The Balaban J connectivity index is 1.77. The van der Waals surface area contributed by atoms with Gasteiger partial charge in [-0.15, -0.1) is 0 Å². The molecule has 0 aromatic heterocycles. The van der Waals surface area contributed by atoms with E-state index >= 15 is 0 Å². The number of hydrogen-bond acceptors (Lipinski definition) is 3. The van der Waals surface area contributed by atoms with E-state index < -0.39 is 0 Å². The fraction of sp³-hybridized carbons (Fsp3) is 0.933. The Hall–Kier alpha value is -0.610. The quantitative estimate of drug-likeness (QED) is 0.787. The Bertz CT molecular complexity index is 323. The molecule has 0 radical (unpaired) electrons. The van der Waals surface area contributed by atoms with Crippen LogP contribution in [-0.4, -0.2) is 43.5 Å². The van der Waals surface area contributed by atoms with E-state index in [9.17, 15) is 4.79 Å². The van der Waals surface area contributed by atoms with Gasteiger partial charge in [-0.25, -0.2) is 0 Å². The Kier molecular flexibility index (Phi) is 4.51. The van der Waals surface area contributed by atoms with Crippen LogP contribution in [0.4, 0.5) is 0 Å². The van der Waals surface area contributed by atoms with Crippen molar-refractivity contribution in [3.63, 3.8) is 0 Å². The number of nitrogens with zero attached hydrogens (tertiary/aromatic N) is 1. The van der Waals surface area contributed by atoms with Crippen molar-refractivity contribution in [2.24, 2.45) is 23.0 Å². The van der Waals surface area contributed by atoms with E-state index in [-0.39, 0.29) is 12.0 Å². The van der Waals surface area contributed by atoms with E-state index in [1.807, 2.05) is 11.9 Å². The Morgan fingerprint density at radius 1 is 1.42 bits per heavy atom. The smallest absolute Gasteiger partial charge is 0.226 e. The number of hydrogen-bond donors (Lipinski definition) is 2. The summed E-state index contributed by atoms with van der Waals surface area (Å²) < 4.78 is 0. The van der Waals surface area contributed by atoms with Crippen LogP contribution in [0.1, 0.15) is 39.5 Å². The second-order valence-corrected chi connectivity index (χ2v) is 6.83. The Morgan fingerprint density at radius 3 is 2.63 bits per heavy atom. The zero-order valence-electron chi connectivity index (χ0n) is 12.6. The fourth-order valence-electron chi connectivity index (χ4n) is 3.23. The van der Waals surface area contributed by atoms with Crippen LogP contribution in [0.5, 0.6) is 0 Å². The van der Waals surface area contributed by atoms with Crippen LogP contribution < -0.4 is 11.1 Å². The Labute approximate surface area is 117 Å². The minimum Gasteiger partial charge on any atom is -0.345 e. The molecule has 1 saturated heterocycles. The molecule has 4 heteroatoms. The normalized spacial score (nSPS) is 26.5. The average Bonchev–Trinajstić information content (AvgIpc) is 3.08. The van der Waals surface area contributed by atoms with Crippen molar-refractivity contribution in [3.05, 3.63) is 0 Å². The van der Waals surface area contributed by atoms with E-state index in [1.165, 1.54) is 12.8 Å². The van der Waals surface area contributed by atoms with Gasteiger partial charge >= 0.3 is 0 Å². The van der Waals surface area contributed by atoms with E-state index in [0.29, 0.717) is 17.2 Å². The van der Waals surface area contributed by atoms with Crippen LogP contribution >= 0.6 is 0 Å². The summed E-state index contributed by atoms with van der Waals surface area (Å²) >= 11 is 0. The summed E-state index contributed by atoms with van der Waals surface area (Å²) in [5.41, 5.74) is 6.39. The highest BCUT2D eigenvalue weighted by atomic mass is 16.2. The fourth-order valence-corrected chi connectivity index (χ4v) is 3.23. The molecular weight excluding hydrogens is 238 g/mol. The lowest BCUT2D eigenvalue weighted by molar-refractivity contribution is -0.132. The van der Waals surface area contributed by atoms with Crippen LogP contribution in [-0.2, 0) is 4.79 Å². The number of rotatable bonds is 5. The molecule has 2 fully saturated rings. The minimum absolute atomic E-state index is 0.197. The van der Waals surface area contributed by atoms with Crippen molar-refractivity contribution >= 4 is 5.91 Å². The van der Waals surface area contributed by atoms with Gasteiger partial charge in [0, 0.05) is 25.6 Å². The molecule has 1 amide bonds. The number of nitrogens with two attached hydrogens (primary N) is 1. The summed E-state index contributed by atoms with van der Waals surface area (Å²) in [6, 6.07) is 0.197. The molecule has 4 nitrogen and oxygen atoms in total. The lowest BCUT2D eigenvalue weighted by Crippen LogP contribution is -2.37. The molecule has 2 rings (SSSR count). The van der Waals surface area contributed by atoms with Gasteiger partial charge in [0.15, 0.2) is 0 Å². The van der Waals surface area contributed by atoms with E-state index in [0.717, 1.165) is 32.5 Å². The summed E-state index contributed by atoms with van der Waals surface area (Å²) in [4.78, 5) is 14.3. The van der Waals surface area contributed by atoms with E-state index in [2.05, 4.69) is 19.2 Å². The van der Waals surface area contributed by atoms with Crippen molar-refractivity contribution in [2.75, 3.05) is 26.7 Å². The lowest BCUT2D eigenvalue weighted by atomic mass is 9.91. The molecule has 1 aliphatic carbocycles. The first-order valence-electron chi connectivity index (χ1n) is 7.67. The highest BCUT2D eigenvalue weighted by Crippen LogP contribution is 2.59. The average molecular weight is 267 g/mol. The van der Waals surface area contributed by atoms with Crippen molar-refractivity contribution in [2.45, 2.75) is 45.6 Å². The van der Waals surface area contributed by atoms with Crippen molar-refractivity contribution < 1.29 is 4.79 Å². The third-order valence-electron chi connectivity index (χ3n) is 5.12. The molecule has 110 valence electrons. The molecule has 0 aromatic carbocycles. The molecule has 19 heavy (non-hydrogen) atoms. The minimum atomic E-state index is 0.197. The molecule has 1 heterocycles. The number of carbonyl (C=O) groups excluding carboxylic acids is 1. The molecule has 1 saturated carbocycles. The molecule has 1 aliphatic heterocycles. The molecule has 2 atom stereocenters. The van der Waals surface area contributed by atoms with Gasteiger partial charge in [-0.05, 0) is 50.1 Å². The van der Waals surface area contributed by atoms with Gasteiger partial charge in [0.2, 0.25) is 5.91 Å². The molecule has 1 spiro atoms. The zero-order chi connectivity index (χ0) is 14.0. The number of nitrogens with one attached hydrogen (secondary N) is 1. The third-order valence-corrected chi connectivity index (χ3v) is 5.12. The van der Waals surface area contributed by atoms with Gasteiger partial charge in [-0.3, -0.25) is 4.79 Å². The second kappa shape index (κ2) is 5.80. The van der Waals surface area contributed by atoms with Crippen LogP contribution in [0.3, 0.4) is 0 Å². The molecule has 2 unspecified atom stereocenters. The highest BCUT2D eigenvalue weighted by molar-refractivity contribution is 5.82.